The minimum absolute atomic E-state index is 0.165. The Morgan fingerprint density at radius 3 is 2.39 bits per heavy atom. The molecule has 1 aromatic carbocycles. The van der Waals surface area contributed by atoms with Gasteiger partial charge in [0.05, 0.1) is 5.25 Å². The second-order valence-electron chi connectivity index (χ2n) is 5.86. The van der Waals surface area contributed by atoms with Crippen LogP contribution in [0.1, 0.15) is 18.9 Å². The molecule has 0 spiro atoms. The van der Waals surface area contributed by atoms with Crippen molar-refractivity contribution in [3.63, 3.8) is 0 Å². The summed E-state index contributed by atoms with van der Waals surface area (Å²) in [5.74, 6) is -0.500. The molecule has 0 aliphatic carbocycles. The molecule has 0 saturated carbocycles. The summed E-state index contributed by atoms with van der Waals surface area (Å²) in [6, 6.07) is 8.50. The van der Waals surface area contributed by atoms with E-state index in [4.69, 9.17) is 0 Å². The molecule has 0 radical (unpaired) electrons. The number of rotatable bonds is 5. The number of aryl methyl sites for hydroxylation is 2. The predicted octanol–water partition coefficient (Wildman–Crippen LogP) is 2.79. The van der Waals surface area contributed by atoms with Gasteiger partial charge in [0.15, 0.2) is 0 Å². The van der Waals surface area contributed by atoms with Crippen LogP contribution in [0.15, 0.2) is 41.3 Å². The van der Waals surface area contributed by atoms with Gasteiger partial charge in [-0.05, 0) is 25.8 Å². The average molecular weight is 337 g/mol. The van der Waals surface area contributed by atoms with E-state index < -0.39 is 20.9 Å². The molecule has 0 fully saturated rings. The summed E-state index contributed by atoms with van der Waals surface area (Å²) in [6.07, 6.45) is 2.57. The fourth-order valence-electron chi connectivity index (χ4n) is 2.21. The van der Waals surface area contributed by atoms with Gasteiger partial charge in [0, 0.05) is 30.6 Å². The van der Waals surface area contributed by atoms with Gasteiger partial charge < -0.3 is 4.57 Å². The normalized spacial score (nSPS) is 13.0. The third-order valence-corrected chi connectivity index (χ3v) is 5.64. The second kappa shape index (κ2) is 6.66. The predicted molar refractivity (Wildman–Crippen MR) is 89.8 cm³/mol. The molecule has 1 heterocycles. The molecule has 1 unspecified atom stereocenters. The standard InChI is InChI=1S/C17H20FNO3S/c1-12-4-6-14(7-5-12)15-10-17(20)19(11-16(15)18)9-8-13(2)23(3,21)22/h4-7,10-11,13H,8-9H2,1-3H3. The van der Waals surface area contributed by atoms with Gasteiger partial charge in [-0.3, -0.25) is 4.79 Å². The van der Waals surface area contributed by atoms with Crippen molar-refractivity contribution in [2.24, 2.45) is 0 Å². The number of nitrogens with zero attached hydrogens (tertiary/aromatic N) is 1. The van der Waals surface area contributed by atoms with Crippen molar-refractivity contribution in [3.8, 4) is 11.1 Å². The zero-order valence-electron chi connectivity index (χ0n) is 13.4. The first-order chi connectivity index (χ1) is 10.7. The van der Waals surface area contributed by atoms with E-state index >= 15 is 0 Å². The van der Waals surface area contributed by atoms with E-state index in [1.165, 1.54) is 10.6 Å². The number of halogens is 1. The van der Waals surface area contributed by atoms with Crippen LogP contribution in [-0.2, 0) is 16.4 Å². The van der Waals surface area contributed by atoms with E-state index in [0.717, 1.165) is 18.0 Å². The minimum Gasteiger partial charge on any atom is -0.313 e. The van der Waals surface area contributed by atoms with Crippen LogP contribution < -0.4 is 5.56 Å². The van der Waals surface area contributed by atoms with E-state index in [9.17, 15) is 17.6 Å². The molecule has 0 N–H and O–H groups in total. The van der Waals surface area contributed by atoms with Gasteiger partial charge >= 0.3 is 0 Å². The number of hydrogen-bond donors (Lipinski definition) is 0. The number of pyridine rings is 1. The van der Waals surface area contributed by atoms with E-state index in [2.05, 4.69) is 0 Å². The first kappa shape index (κ1) is 17.4. The molecule has 4 nitrogen and oxygen atoms in total. The maximum Gasteiger partial charge on any atom is 0.251 e. The van der Waals surface area contributed by atoms with Crippen LogP contribution in [-0.4, -0.2) is 24.5 Å². The molecule has 1 aromatic heterocycles. The molecule has 0 bridgehead atoms. The summed E-state index contributed by atoms with van der Waals surface area (Å²) >= 11 is 0. The van der Waals surface area contributed by atoms with E-state index in [0.29, 0.717) is 5.56 Å². The van der Waals surface area contributed by atoms with Crippen molar-refractivity contribution in [3.05, 3.63) is 58.3 Å². The quantitative estimate of drug-likeness (QED) is 0.843. The fourth-order valence-corrected chi connectivity index (χ4v) is 2.74. The van der Waals surface area contributed by atoms with Crippen LogP contribution in [0.4, 0.5) is 4.39 Å². The summed E-state index contributed by atoms with van der Waals surface area (Å²) in [5, 5.41) is -0.575. The first-order valence-electron chi connectivity index (χ1n) is 7.34. The zero-order valence-corrected chi connectivity index (χ0v) is 14.2. The summed E-state index contributed by atoms with van der Waals surface area (Å²) in [4.78, 5) is 12.1. The Morgan fingerprint density at radius 1 is 1.22 bits per heavy atom. The van der Waals surface area contributed by atoms with Crippen molar-refractivity contribution in [2.75, 3.05) is 6.26 Å². The summed E-state index contributed by atoms with van der Waals surface area (Å²) < 4.78 is 38.3. The van der Waals surface area contributed by atoms with Gasteiger partial charge in [-0.2, -0.15) is 0 Å². The number of aromatic nitrogens is 1. The van der Waals surface area contributed by atoms with Crippen LogP contribution in [0.5, 0.6) is 0 Å². The topological polar surface area (TPSA) is 56.1 Å². The van der Waals surface area contributed by atoms with Gasteiger partial charge in [0.25, 0.3) is 5.56 Å². The van der Waals surface area contributed by atoms with Crippen molar-refractivity contribution in [2.45, 2.75) is 32.1 Å². The highest BCUT2D eigenvalue weighted by atomic mass is 32.2. The Bertz CT molecular complexity index is 854. The molecule has 2 aromatic rings. The Morgan fingerprint density at radius 2 is 1.83 bits per heavy atom. The molecule has 0 aliphatic rings. The van der Waals surface area contributed by atoms with Crippen LogP contribution >= 0.6 is 0 Å². The zero-order chi connectivity index (χ0) is 17.2. The third-order valence-electron chi connectivity index (χ3n) is 3.95. The number of hydrogen-bond acceptors (Lipinski definition) is 3. The lowest BCUT2D eigenvalue weighted by atomic mass is 10.1. The third kappa shape index (κ3) is 4.28. The van der Waals surface area contributed by atoms with Crippen LogP contribution in [0.25, 0.3) is 11.1 Å². The van der Waals surface area contributed by atoms with Gasteiger partial charge in [0.1, 0.15) is 15.7 Å². The molecular weight excluding hydrogens is 317 g/mol. The van der Waals surface area contributed by atoms with Gasteiger partial charge in [-0.25, -0.2) is 12.8 Å². The smallest absolute Gasteiger partial charge is 0.251 e. The fraction of sp³-hybridized carbons (Fsp3) is 0.353. The van der Waals surface area contributed by atoms with Gasteiger partial charge in [-0.1, -0.05) is 29.8 Å². The van der Waals surface area contributed by atoms with Crippen molar-refractivity contribution < 1.29 is 12.8 Å². The summed E-state index contributed by atoms with van der Waals surface area (Å²) in [6.45, 7) is 3.68. The number of sulfone groups is 1. The lowest BCUT2D eigenvalue weighted by molar-refractivity contribution is 0.546. The van der Waals surface area contributed by atoms with E-state index in [-0.39, 0.29) is 24.1 Å². The first-order valence-corrected chi connectivity index (χ1v) is 9.30. The van der Waals surface area contributed by atoms with Gasteiger partial charge in [0.2, 0.25) is 0 Å². The van der Waals surface area contributed by atoms with Crippen LogP contribution in [0.2, 0.25) is 0 Å². The highest BCUT2D eigenvalue weighted by Gasteiger charge is 2.15. The van der Waals surface area contributed by atoms with E-state index in [1.807, 2.05) is 19.1 Å². The minimum atomic E-state index is -3.16. The molecule has 0 amide bonds. The highest BCUT2D eigenvalue weighted by molar-refractivity contribution is 7.91. The Kier molecular flexibility index (Phi) is 5.04. The monoisotopic (exact) mass is 337 g/mol. The molecule has 2 rings (SSSR count). The van der Waals surface area contributed by atoms with Crippen LogP contribution in [0, 0.1) is 12.7 Å². The SMILES string of the molecule is Cc1ccc(-c2cc(=O)n(CCC(C)S(C)(=O)=O)cc2F)cc1. The van der Waals surface area contributed by atoms with Crippen molar-refractivity contribution in [1.29, 1.82) is 0 Å². The van der Waals surface area contributed by atoms with Crippen molar-refractivity contribution in [1.82, 2.24) is 4.57 Å². The molecule has 0 saturated heterocycles. The van der Waals surface area contributed by atoms with Crippen LogP contribution in [0.3, 0.4) is 0 Å². The molecule has 1 atom stereocenters. The number of benzene rings is 1. The summed E-state index contributed by atoms with van der Waals surface area (Å²) in [7, 11) is -3.16. The lowest BCUT2D eigenvalue weighted by Gasteiger charge is -2.12. The van der Waals surface area contributed by atoms with Crippen molar-refractivity contribution >= 4 is 9.84 Å². The molecular formula is C17H20FNO3S. The lowest BCUT2D eigenvalue weighted by Crippen LogP contribution is -2.24. The molecule has 23 heavy (non-hydrogen) atoms. The maximum absolute atomic E-state index is 14.3. The van der Waals surface area contributed by atoms with E-state index in [1.54, 1.807) is 19.1 Å². The summed E-state index contributed by atoms with van der Waals surface area (Å²) in [5.41, 5.74) is 1.60. The maximum atomic E-state index is 14.3. The molecule has 124 valence electrons. The second-order valence-corrected chi connectivity index (χ2v) is 8.33. The Balaban J connectivity index is 2.27. The largest absolute Gasteiger partial charge is 0.313 e. The highest BCUT2D eigenvalue weighted by Crippen LogP contribution is 2.21. The Hall–Kier alpha value is -1.95. The molecule has 6 heteroatoms. The Labute approximate surface area is 135 Å². The van der Waals surface area contributed by atoms with Gasteiger partial charge in [-0.15, -0.1) is 0 Å². The molecule has 0 aliphatic heterocycles. The average Bonchev–Trinajstić information content (AvgIpc) is 2.47.